The maximum Gasteiger partial charge on any atom is -0.0147 e. The van der Waals surface area contributed by atoms with E-state index in [1.54, 1.807) is 0 Å². The molecule has 1 aromatic rings. The van der Waals surface area contributed by atoms with Crippen molar-refractivity contribution in [2.45, 2.75) is 61.8 Å². The Morgan fingerprint density at radius 3 is 2.21 bits per heavy atom. The maximum absolute atomic E-state index is 4.00. The second kappa shape index (κ2) is 8.87. The van der Waals surface area contributed by atoms with Crippen LogP contribution in [0, 0.1) is 19.8 Å². The largest absolute Gasteiger partial charge is 0.0985 e. The monoisotopic (exact) mass is 322 g/mol. The van der Waals surface area contributed by atoms with Crippen LogP contribution in [0.1, 0.15) is 63.8 Å². The number of benzene rings is 1. The topological polar surface area (TPSA) is 0 Å². The third kappa shape index (κ3) is 5.09. The Kier molecular flexibility index (Phi) is 7.48. The summed E-state index contributed by atoms with van der Waals surface area (Å²) in [6.45, 7) is 21.7. The molecule has 130 valence electrons. The van der Waals surface area contributed by atoms with E-state index in [0.29, 0.717) is 5.92 Å². The van der Waals surface area contributed by atoms with Crippen LogP contribution in [-0.2, 0) is 6.42 Å². The lowest BCUT2D eigenvalue weighted by molar-refractivity contribution is 0.826. The molecule has 0 heterocycles. The van der Waals surface area contributed by atoms with Gasteiger partial charge in [-0.2, -0.15) is 0 Å². The molecule has 0 aliphatic rings. The van der Waals surface area contributed by atoms with Gasteiger partial charge in [0.25, 0.3) is 0 Å². The SMILES string of the molecule is C=CC(/C=C(\C(C)=C\C(C)C)c1cc(CC)cc(C)c1C)=C(C)C. The molecule has 0 heteroatoms. The van der Waals surface area contributed by atoms with Crippen molar-refractivity contribution < 1.29 is 0 Å². The molecule has 0 N–H and O–H groups in total. The van der Waals surface area contributed by atoms with Gasteiger partial charge in [-0.25, -0.2) is 0 Å². The molecule has 0 radical (unpaired) electrons. The maximum atomic E-state index is 4.00. The average Bonchev–Trinajstić information content (AvgIpc) is 2.50. The molecule has 0 unspecified atom stereocenters. The van der Waals surface area contributed by atoms with E-state index < -0.39 is 0 Å². The van der Waals surface area contributed by atoms with Crippen molar-refractivity contribution in [3.63, 3.8) is 0 Å². The highest BCUT2D eigenvalue weighted by Gasteiger charge is 2.12. The van der Waals surface area contributed by atoms with Crippen molar-refractivity contribution in [2.75, 3.05) is 0 Å². The fourth-order valence-corrected chi connectivity index (χ4v) is 2.97. The zero-order valence-electron chi connectivity index (χ0n) is 16.9. The normalized spacial score (nSPS) is 12.5. The molecule has 1 rings (SSSR count). The van der Waals surface area contributed by atoms with E-state index in [-0.39, 0.29) is 0 Å². The first kappa shape index (κ1) is 20.2. The summed E-state index contributed by atoms with van der Waals surface area (Å²) in [6.07, 6.45) is 7.68. The third-order valence-electron chi connectivity index (χ3n) is 4.53. The zero-order chi connectivity index (χ0) is 18.4. The predicted octanol–water partition coefficient (Wildman–Crippen LogP) is 7.37. The van der Waals surface area contributed by atoms with Gasteiger partial charge in [0.1, 0.15) is 0 Å². The van der Waals surface area contributed by atoms with E-state index in [1.165, 1.54) is 44.5 Å². The van der Waals surface area contributed by atoms with Gasteiger partial charge in [0.15, 0.2) is 0 Å². The van der Waals surface area contributed by atoms with Gasteiger partial charge >= 0.3 is 0 Å². The molecule has 0 fully saturated rings. The van der Waals surface area contributed by atoms with Crippen LogP contribution >= 0.6 is 0 Å². The molecule has 0 nitrogen and oxygen atoms in total. The van der Waals surface area contributed by atoms with Crippen LogP contribution in [0.4, 0.5) is 0 Å². The van der Waals surface area contributed by atoms with Gasteiger partial charge in [-0.1, -0.05) is 57.2 Å². The molecular formula is C24H34. The number of hydrogen-bond acceptors (Lipinski definition) is 0. The van der Waals surface area contributed by atoms with Gasteiger partial charge in [0.05, 0.1) is 0 Å². The van der Waals surface area contributed by atoms with E-state index in [0.717, 1.165) is 6.42 Å². The summed E-state index contributed by atoms with van der Waals surface area (Å²) in [5.74, 6) is 0.531. The number of allylic oxidation sites excluding steroid dienone is 7. The summed E-state index contributed by atoms with van der Waals surface area (Å²) in [4.78, 5) is 0. The van der Waals surface area contributed by atoms with Gasteiger partial charge in [-0.3, -0.25) is 0 Å². The molecule has 0 bridgehead atoms. The lowest BCUT2D eigenvalue weighted by atomic mass is 9.87. The fraction of sp³-hybridized carbons (Fsp3) is 0.417. The fourth-order valence-electron chi connectivity index (χ4n) is 2.97. The molecule has 0 atom stereocenters. The van der Waals surface area contributed by atoms with Crippen molar-refractivity contribution in [3.8, 4) is 0 Å². The van der Waals surface area contributed by atoms with E-state index in [9.17, 15) is 0 Å². The summed E-state index contributed by atoms with van der Waals surface area (Å²) in [6, 6.07) is 4.67. The first-order valence-electron chi connectivity index (χ1n) is 9.02. The van der Waals surface area contributed by atoms with E-state index >= 15 is 0 Å². The minimum absolute atomic E-state index is 0.531. The molecule has 24 heavy (non-hydrogen) atoms. The van der Waals surface area contributed by atoms with Crippen LogP contribution in [0.15, 0.2) is 53.7 Å². The van der Waals surface area contributed by atoms with E-state index in [2.05, 4.69) is 86.3 Å². The van der Waals surface area contributed by atoms with Crippen LogP contribution in [0.3, 0.4) is 0 Å². The standard InChI is InChI=1S/C24H34/c1-10-21-13-18(7)20(9)24(14-21)23(19(8)12-16(3)4)15-22(11-2)17(5)6/h11-16H,2,10H2,1,3-9H3/b19-12+,23-15+. The van der Waals surface area contributed by atoms with Crippen molar-refractivity contribution in [1.29, 1.82) is 0 Å². The van der Waals surface area contributed by atoms with Gasteiger partial charge < -0.3 is 0 Å². The van der Waals surface area contributed by atoms with E-state index in [4.69, 9.17) is 0 Å². The molecule has 0 amide bonds. The lowest BCUT2D eigenvalue weighted by Gasteiger charge is -2.17. The summed E-state index contributed by atoms with van der Waals surface area (Å²) in [7, 11) is 0. The minimum atomic E-state index is 0.531. The van der Waals surface area contributed by atoms with Crippen molar-refractivity contribution >= 4 is 5.57 Å². The van der Waals surface area contributed by atoms with Gasteiger partial charge in [0, 0.05) is 0 Å². The van der Waals surface area contributed by atoms with Crippen molar-refractivity contribution in [3.05, 3.63) is 75.9 Å². The van der Waals surface area contributed by atoms with Gasteiger partial charge in [0.2, 0.25) is 0 Å². The Balaban J connectivity index is 3.73. The Hall–Kier alpha value is -1.82. The molecule has 0 aliphatic heterocycles. The minimum Gasteiger partial charge on any atom is -0.0985 e. The third-order valence-corrected chi connectivity index (χ3v) is 4.53. The van der Waals surface area contributed by atoms with Crippen LogP contribution in [-0.4, -0.2) is 0 Å². The Morgan fingerprint density at radius 2 is 1.75 bits per heavy atom. The van der Waals surface area contributed by atoms with Crippen LogP contribution < -0.4 is 0 Å². The molecule has 0 aromatic heterocycles. The molecular weight excluding hydrogens is 288 g/mol. The number of aryl methyl sites for hydroxylation is 2. The highest BCUT2D eigenvalue weighted by molar-refractivity contribution is 5.83. The Bertz CT molecular complexity index is 687. The number of hydrogen-bond donors (Lipinski definition) is 0. The molecule has 0 aliphatic carbocycles. The summed E-state index contributed by atoms with van der Waals surface area (Å²) >= 11 is 0. The molecule has 0 saturated heterocycles. The van der Waals surface area contributed by atoms with Crippen molar-refractivity contribution in [1.82, 2.24) is 0 Å². The number of rotatable bonds is 6. The summed E-state index contributed by atoms with van der Waals surface area (Å²) < 4.78 is 0. The summed E-state index contributed by atoms with van der Waals surface area (Å²) in [5, 5.41) is 0. The first-order chi connectivity index (χ1) is 11.2. The molecule has 0 spiro atoms. The smallest absolute Gasteiger partial charge is 0.0147 e. The quantitative estimate of drug-likeness (QED) is 0.479. The highest BCUT2D eigenvalue weighted by atomic mass is 14.2. The summed E-state index contributed by atoms with van der Waals surface area (Å²) in [5.41, 5.74) is 10.6. The average molecular weight is 323 g/mol. The van der Waals surface area contributed by atoms with Crippen LogP contribution in [0.5, 0.6) is 0 Å². The second-order valence-electron chi connectivity index (χ2n) is 7.25. The second-order valence-corrected chi connectivity index (χ2v) is 7.25. The van der Waals surface area contributed by atoms with E-state index in [1.807, 2.05) is 6.08 Å². The Labute approximate surface area is 149 Å². The first-order valence-corrected chi connectivity index (χ1v) is 9.02. The molecule has 1 aromatic carbocycles. The Morgan fingerprint density at radius 1 is 1.12 bits per heavy atom. The van der Waals surface area contributed by atoms with Crippen LogP contribution in [0.2, 0.25) is 0 Å². The van der Waals surface area contributed by atoms with Gasteiger partial charge in [-0.15, -0.1) is 0 Å². The van der Waals surface area contributed by atoms with Crippen LogP contribution in [0.25, 0.3) is 5.57 Å². The zero-order valence-corrected chi connectivity index (χ0v) is 16.9. The van der Waals surface area contributed by atoms with Crippen molar-refractivity contribution in [2.24, 2.45) is 5.92 Å². The lowest BCUT2D eigenvalue weighted by Crippen LogP contribution is -1.98. The molecule has 0 saturated carbocycles. The predicted molar refractivity (Wildman–Crippen MR) is 110 cm³/mol. The highest BCUT2D eigenvalue weighted by Crippen LogP contribution is 2.31. The van der Waals surface area contributed by atoms with Gasteiger partial charge in [-0.05, 0) is 92.0 Å².